The minimum Gasteiger partial charge on any atom is -0.461 e. The SMILES string of the molecule is CCOC(=O)c1nc(-c2cccc(B3OC(C)(C)C(C)(C)O3)c2)[nH]c1C. The molecule has 2 heterocycles. The number of nitrogens with one attached hydrogen (secondary N) is 1. The van der Waals surface area contributed by atoms with E-state index in [0.29, 0.717) is 23.8 Å². The van der Waals surface area contributed by atoms with Crippen molar-refractivity contribution in [1.29, 1.82) is 0 Å². The highest BCUT2D eigenvalue weighted by Gasteiger charge is 2.51. The molecule has 0 saturated carbocycles. The number of carbonyl (C=O) groups excluding carboxylic acids is 1. The van der Waals surface area contributed by atoms with Crippen LogP contribution < -0.4 is 5.46 Å². The number of aromatic amines is 1. The first-order valence-corrected chi connectivity index (χ1v) is 8.84. The van der Waals surface area contributed by atoms with E-state index in [-0.39, 0.29) is 0 Å². The maximum atomic E-state index is 12.0. The van der Waals surface area contributed by atoms with Gasteiger partial charge >= 0.3 is 13.1 Å². The Balaban J connectivity index is 1.89. The first kappa shape index (κ1) is 18.7. The van der Waals surface area contributed by atoms with Crippen LogP contribution in [-0.4, -0.2) is 40.9 Å². The molecule has 0 radical (unpaired) electrons. The molecule has 0 unspecified atom stereocenters. The molecule has 7 heteroatoms. The van der Waals surface area contributed by atoms with Gasteiger partial charge in [-0.2, -0.15) is 0 Å². The van der Waals surface area contributed by atoms with E-state index in [1.54, 1.807) is 13.8 Å². The van der Waals surface area contributed by atoms with Crippen molar-refractivity contribution in [3.8, 4) is 11.4 Å². The largest absolute Gasteiger partial charge is 0.494 e. The second kappa shape index (κ2) is 6.56. The number of carbonyl (C=O) groups is 1. The Morgan fingerprint density at radius 1 is 1.23 bits per heavy atom. The number of nitrogens with zero attached hydrogens (tertiary/aromatic N) is 1. The van der Waals surface area contributed by atoms with Crippen LogP contribution in [0.3, 0.4) is 0 Å². The Morgan fingerprint density at radius 2 is 1.88 bits per heavy atom. The maximum absolute atomic E-state index is 12.0. The number of esters is 1. The summed E-state index contributed by atoms with van der Waals surface area (Å²) in [6.07, 6.45) is 0. The number of hydrogen-bond acceptors (Lipinski definition) is 5. The van der Waals surface area contributed by atoms with Gasteiger partial charge < -0.3 is 19.0 Å². The number of aromatic nitrogens is 2. The Labute approximate surface area is 154 Å². The highest BCUT2D eigenvalue weighted by Crippen LogP contribution is 2.36. The molecular weight excluding hydrogens is 331 g/mol. The molecule has 1 N–H and O–H groups in total. The molecule has 3 rings (SSSR count). The summed E-state index contributed by atoms with van der Waals surface area (Å²) in [5.41, 5.74) is 1.96. The summed E-state index contributed by atoms with van der Waals surface area (Å²) in [5.74, 6) is 0.193. The average Bonchev–Trinajstić information content (AvgIpc) is 3.05. The first-order chi connectivity index (χ1) is 12.1. The van der Waals surface area contributed by atoms with Gasteiger partial charge in [0.05, 0.1) is 17.8 Å². The molecule has 0 bridgehead atoms. The fraction of sp³-hybridized carbons (Fsp3) is 0.474. The van der Waals surface area contributed by atoms with Crippen molar-refractivity contribution in [1.82, 2.24) is 9.97 Å². The predicted octanol–water partition coefficient (Wildman–Crippen LogP) is 2.86. The third kappa shape index (κ3) is 3.29. The van der Waals surface area contributed by atoms with Crippen LogP contribution in [0.15, 0.2) is 24.3 Å². The zero-order valence-electron chi connectivity index (χ0n) is 16.2. The lowest BCUT2D eigenvalue weighted by atomic mass is 9.78. The van der Waals surface area contributed by atoms with E-state index in [1.807, 2.05) is 52.0 Å². The number of benzene rings is 1. The molecule has 1 aromatic heterocycles. The van der Waals surface area contributed by atoms with Crippen molar-refractivity contribution in [3.63, 3.8) is 0 Å². The molecule has 0 atom stereocenters. The summed E-state index contributed by atoms with van der Waals surface area (Å²) >= 11 is 0. The van der Waals surface area contributed by atoms with E-state index < -0.39 is 24.3 Å². The fourth-order valence-electron chi connectivity index (χ4n) is 2.81. The first-order valence-electron chi connectivity index (χ1n) is 8.84. The molecule has 6 nitrogen and oxygen atoms in total. The van der Waals surface area contributed by atoms with Crippen LogP contribution in [0.1, 0.15) is 50.8 Å². The molecule has 0 amide bonds. The van der Waals surface area contributed by atoms with Gasteiger partial charge in [-0.1, -0.05) is 24.3 Å². The van der Waals surface area contributed by atoms with Crippen molar-refractivity contribution < 1.29 is 18.8 Å². The quantitative estimate of drug-likeness (QED) is 0.674. The number of rotatable bonds is 4. The Morgan fingerprint density at radius 3 is 2.50 bits per heavy atom. The Bertz CT molecular complexity index is 813. The van der Waals surface area contributed by atoms with Gasteiger partial charge in [0.2, 0.25) is 0 Å². The summed E-state index contributed by atoms with van der Waals surface area (Å²) in [5, 5.41) is 0. The molecule has 1 aliphatic heterocycles. The van der Waals surface area contributed by atoms with Crippen LogP contribution >= 0.6 is 0 Å². The van der Waals surface area contributed by atoms with E-state index in [2.05, 4.69) is 9.97 Å². The van der Waals surface area contributed by atoms with Gasteiger partial charge in [0.25, 0.3) is 0 Å². The van der Waals surface area contributed by atoms with Gasteiger partial charge in [0.1, 0.15) is 5.82 Å². The predicted molar refractivity (Wildman–Crippen MR) is 100 cm³/mol. The number of H-pyrrole nitrogens is 1. The van der Waals surface area contributed by atoms with Crippen LogP contribution in [0.4, 0.5) is 0 Å². The topological polar surface area (TPSA) is 73.4 Å². The van der Waals surface area contributed by atoms with Crippen LogP contribution in [0.25, 0.3) is 11.4 Å². The minimum atomic E-state index is -0.444. The number of aryl methyl sites for hydroxylation is 1. The summed E-state index contributed by atoms with van der Waals surface area (Å²) in [6, 6.07) is 7.79. The molecular formula is C19H25BN2O4. The third-order valence-corrected chi connectivity index (χ3v) is 5.04. The van der Waals surface area contributed by atoms with Gasteiger partial charge in [0, 0.05) is 11.3 Å². The van der Waals surface area contributed by atoms with Gasteiger partial charge in [-0.25, -0.2) is 9.78 Å². The van der Waals surface area contributed by atoms with Crippen molar-refractivity contribution in [2.24, 2.45) is 0 Å². The van der Waals surface area contributed by atoms with Gasteiger partial charge in [0.15, 0.2) is 5.69 Å². The highest BCUT2D eigenvalue weighted by molar-refractivity contribution is 6.62. The molecule has 2 aromatic rings. The van der Waals surface area contributed by atoms with Crippen LogP contribution in [0, 0.1) is 6.92 Å². The molecule has 0 aliphatic carbocycles. The fourth-order valence-corrected chi connectivity index (χ4v) is 2.81. The summed E-state index contributed by atoms with van der Waals surface area (Å²) in [4.78, 5) is 19.6. The third-order valence-electron chi connectivity index (χ3n) is 5.04. The standard InChI is InChI=1S/C19H25BN2O4/c1-7-24-17(23)15-12(2)21-16(22-15)13-9-8-10-14(11-13)20-25-18(3,4)19(5,6)26-20/h8-11H,7H2,1-6H3,(H,21,22). The highest BCUT2D eigenvalue weighted by atomic mass is 16.7. The van der Waals surface area contributed by atoms with E-state index in [1.165, 1.54) is 0 Å². The number of hydrogen-bond donors (Lipinski definition) is 1. The maximum Gasteiger partial charge on any atom is 0.494 e. The molecule has 0 spiro atoms. The van der Waals surface area contributed by atoms with Crippen molar-refractivity contribution in [2.45, 2.75) is 52.7 Å². The zero-order chi connectivity index (χ0) is 19.1. The summed E-state index contributed by atoms with van der Waals surface area (Å²) in [7, 11) is -0.444. The molecule has 1 fully saturated rings. The summed E-state index contributed by atoms with van der Waals surface area (Å²) in [6.45, 7) is 12.0. The van der Waals surface area contributed by atoms with Crippen LogP contribution in [0.5, 0.6) is 0 Å². The lowest BCUT2D eigenvalue weighted by Gasteiger charge is -2.32. The van der Waals surface area contributed by atoms with Gasteiger partial charge in [-0.05, 0) is 47.0 Å². The Hall–Kier alpha value is -2.12. The Kier molecular flexibility index (Phi) is 4.71. The average molecular weight is 356 g/mol. The van der Waals surface area contributed by atoms with E-state index in [4.69, 9.17) is 14.0 Å². The van der Waals surface area contributed by atoms with Crippen molar-refractivity contribution >= 4 is 18.6 Å². The summed E-state index contributed by atoms with van der Waals surface area (Å²) < 4.78 is 17.3. The van der Waals surface area contributed by atoms with Crippen LogP contribution in [0.2, 0.25) is 0 Å². The molecule has 138 valence electrons. The molecule has 1 aromatic carbocycles. The lowest BCUT2D eigenvalue weighted by Crippen LogP contribution is -2.41. The normalized spacial score (nSPS) is 18.2. The smallest absolute Gasteiger partial charge is 0.461 e. The van der Waals surface area contributed by atoms with E-state index in [0.717, 1.165) is 11.0 Å². The molecule has 26 heavy (non-hydrogen) atoms. The minimum absolute atomic E-state index is 0.308. The second-order valence-corrected chi connectivity index (χ2v) is 7.49. The van der Waals surface area contributed by atoms with Gasteiger partial charge in [-0.3, -0.25) is 0 Å². The molecule has 1 aliphatic rings. The van der Waals surface area contributed by atoms with Gasteiger partial charge in [-0.15, -0.1) is 0 Å². The monoisotopic (exact) mass is 356 g/mol. The van der Waals surface area contributed by atoms with Crippen molar-refractivity contribution in [3.05, 3.63) is 35.7 Å². The zero-order valence-corrected chi connectivity index (χ0v) is 16.2. The van der Waals surface area contributed by atoms with E-state index >= 15 is 0 Å². The molecule has 1 saturated heterocycles. The van der Waals surface area contributed by atoms with Crippen LogP contribution in [-0.2, 0) is 14.0 Å². The van der Waals surface area contributed by atoms with E-state index in [9.17, 15) is 4.79 Å². The number of imidazole rings is 1. The lowest BCUT2D eigenvalue weighted by molar-refractivity contribution is 0.00578. The number of ether oxygens (including phenoxy) is 1. The van der Waals surface area contributed by atoms with Crippen molar-refractivity contribution in [2.75, 3.05) is 6.61 Å². The second-order valence-electron chi connectivity index (χ2n) is 7.49.